The number of anilines is 1. The van der Waals surface area contributed by atoms with E-state index in [0.717, 1.165) is 6.07 Å². The highest BCUT2D eigenvalue weighted by Gasteiger charge is 2.43. The predicted molar refractivity (Wildman–Crippen MR) is 92.3 cm³/mol. The zero-order valence-electron chi connectivity index (χ0n) is 14.1. The molecule has 2 aromatic heterocycles. The smallest absolute Gasteiger partial charge is 0.395 e. The molecule has 12 heteroatoms. The van der Waals surface area contributed by atoms with Crippen LogP contribution < -0.4 is 14.4 Å². The Balaban J connectivity index is 1.65. The van der Waals surface area contributed by atoms with E-state index in [0.29, 0.717) is 5.56 Å². The quantitative estimate of drug-likeness (QED) is 0.494. The average Bonchev–Trinajstić information content (AvgIpc) is 3.28. The van der Waals surface area contributed by atoms with Gasteiger partial charge in [0, 0.05) is 29.6 Å². The monoisotopic (exact) mass is 428 g/mol. The average molecular weight is 429 g/mol. The van der Waals surface area contributed by atoms with Gasteiger partial charge in [0.15, 0.2) is 11.5 Å². The first-order valence-electron chi connectivity index (χ1n) is 7.92. The molecule has 1 aromatic carbocycles. The number of ether oxygens (including phenoxy) is 2. The molecule has 0 unspecified atom stereocenters. The molecule has 0 aliphatic carbocycles. The van der Waals surface area contributed by atoms with E-state index in [1.165, 1.54) is 36.7 Å². The predicted octanol–water partition coefficient (Wildman–Crippen LogP) is 4.32. The lowest BCUT2D eigenvalue weighted by atomic mass is 10.1. The van der Waals surface area contributed by atoms with Gasteiger partial charge >= 0.3 is 12.8 Å². The Bertz CT molecular complexity index is 1060. The lowest BCUT2D eigenvalue weighted by molar-refractivity contribution is -0.286. The topological polar surface area (TPSA) is 80.3 Å². The second-order valence-corrected chi connectivity index (χ2v) is 6.18. The molecule has 0 radical (unpaired) electrons. The van der Waals surface area contributed by atoms with Crippen molar-refractivity contribution < 1.29 is 31.8 Å². The Morgan fingerprint density at radius 1 is 1.17 bits per heavy atom. The van der Waals surface area contributed by atoms with Crippen molar-refractivity contribution in [2.24, 2.45) is 0 Å². The van der Waals surface area contributed by atoms with E-state index in [4.69, 9.17) is 11.6 Å². The number of H-pyrrole nitrogens is 1. The van der Waals surface area contributed by atoms with Crippen LogP contribution in [0.1, 0.15) is 10.5 Å². The van der Waals surface area contributed by atoms with Crippen molar-refractivity contribution in [3.05, 3.63) is 53.4 Å². The van der Waals surface area contributed by atoms with E-state index >= 15 is 0 Å². The molecule has 0 atom stereocenters. The number of halogens is 5. The molecular formula is C17H9ClF4N4O3. The Labute approximate surface area is 164 Å². The number of carbonyl (C=O) groups excluding carboxylic acids is 1. The van der Waals surface area contributed by atoms with Gasteiger partial charge in [-0.3, -0.25) is 9.89 Å². The number of rotatable bonds is 4. The number of alkyl halides is 4. The van der Waals surface area contributed by atoms with Crippen molar-refractivity contribution in [1.29, 1.82) is 0 Å². The van der Waals surface area contributed by atoms with Crippen molar-refractivity contribution in [3.63, 3.8) is 0 Å². The number of aromatic nitrogens is 3. The zero-order valence-corrected chi connectivity index (χ0v) is 14.8. The number of hydrogen-bond donors (Lipinski definition) is 1. The maximum absolute atomic E-state index is 13.4. The van der Waals surface area contributed by atoms with Gasteiger partial charge in [0.1, 0.15) is 11.5 Å². The number of hydrogen-bond acceptors (Lipinski definition) is 5. The fourth-order valence-corrected chi connectivity index (χ4v) is 2.94. The molecule has 3 heterocycles. The third-order valence-corrected chi connectivity index (χ3v) is 4.25. The van der Waals surface area contributed by atoms with Crippen molar-refractivity contribution >= 4 is 23.3 Å². The second kappa shape index (κ2) is 6.92. The van der Waals surface area contributed by atoms with Crippen LogP contribution >= 0.6 is 11.6 Å². The highest BCUT2D eigenvalue weighted by Crippen LogP contribution is 2.46. The minimum Gasteiger partial charge on any atom is -0.395 e. The number of pyridine rings is 1. The Kier molecular flexibility index (Phi) is 4.53. The molecule has 0 spiro atoms. The summed E-state index contributed by atoms with van der Waals surface area (Å²) >= 11 is 6.10. The van der Waals surface area contributed by atoms with Crippen LogP contribution in [-0.2, 0) is 0 Å². The largest absolute Gasteiger partial charge is 0.586 e. The number of amides is 1. The molecule has 150 valence electrons. The van der Waals surface area contributed by atoms with Crippen molar-refractivity contribution in [3.8, 4) is 22.6 Å². The molecule has 0 saturated carbocycles. The lowest BCUT2D eigenvalue weighted by Crippen LogP contribution is -2.36. The van der Waals surface area contributed by atoms with E-state index in [2.05, 4.69) is 24.7 Å². The standard InChI is InChI=1S/C17H9ClF4N4O3/c18-10-6-13-12(28-17(21,22)29-13)5-9(10)8-1-2-14(23-7-8)26(16(19)20)15(27)11-3-4-24-25-11/h1-7,16H,(H,24,25). The molecular weight excluding hydrogens is 420 g/mol. The summed E-state index contributed by atoms with van der Waals surface area (Å²) in [5, 5.41) is 5.92. The molecule has 1 aliphatic rings. The minimum absolute atomic E-state index is 0.0545. The Morgan fingerprint density at radius 3 is 2.48 bits per heavy atom. The van der Waals surface area contributed by atoms with Gasteiger partial charge in [-0.15, -0.1) is 8.78 Å². The van der Waals surface area contributed by atoms with Crippen LogP contribution in [0.3, 0.4) is 0 Å². The van der Waals surface area contributed by atoms with Crippen LogP contribution in [0.5, 0.6) is 11.5 Å². The molecule has 0 fully saturated rings. The lowest BCUT2D eigenvalue weighted by Gasteiger charge is -2.20. The number of aromatic amines is 1. The first-order valence-corrected chi connectivity index (χ1v) is 8.30. The summed E-state index contributed by atoms with van der Waals surface area (Å²) in [4.78, 5) is 16.3. The highest BCUT2D eigenvalue weighted by molar-refractivity contribution is 6.33. The number of carbonyl (C=O) groups is 1. The van der Waals surface area contributed by atoms with Crippen LogP contribution in [0, 0.1) is 0 Å². The molecule has 1 amide bonds. The molecule has 29 heavy (non-hydrogen) atoms. The van der Waals surface area contributed by atoms with E-state index in [1.807, 2.05) is 0 Å². The van der Waals surface area contributed by atoms with Crippen LogP contribution in [0.25, 0.3) is 11.1 Å². The second-order valence-electron chi connectivity index (χ2n) is 5.77. The highest BCUT2D eigenvalue weighted by atomic mass is 35.5. The SMILES string of the molecule is O=C(c1ccn[nH]1)N(c1ccc(-c2cc3c(cc2Cl)OC(F)(F)O3)cn1)C(F)F. The summed E-state index contributed by atoms with van der Waals surface area (Å²) in [6, 6.07) is 6.14. The van der Waals surface area contributed by atoms with Crippen LogP contribution in [0.4, 0.5) is 23.4 Å². The molecule has 1 aliphatic heterocycles. The van der Waals surface area contributed by atoms with Gasteiger partial charge in [0.05, 0.1) is 5.02 Å². The Morgan fingerprint density at radius 2 is 1.90 bits per heavy atom. The van der Waals surface area contributed by atoms with Crippen molar-refractivity contribution in [2.75, 3.05) is 4.90 Å². The van der Waals surface area contributed by atoms with Crippen LogP contribution in [0.15, 0.2) is 42.7 Å². The van der Waals surface area contributed by atoms with Crippen LogP contribution in [-0.4, -0.2) is 33.9 Å². The maximum atomic E-state index is 13.4. The number of nitrogens with one attached hydrogen (secondary N) is 1. The maximum Gasteiger partial charge on any atom is 0.586 e. The van der Waals surface area contributed by atoms with E-state index in [9.17, 15) is 22.4 Å². The number of fused-ring (bicyclic) bond motifs is 1. The molecule has 1 N–H and O–H groups in total. The number of nitrogens with zero attached hydrogens (tertiary/aromatic N) is 3. The van der Waals surface area contributed by atoms with Gasteiger partial charge < -0.3 is 9.47 Å². The fraction of sp³-hybridized carbons (Fsp3) is 0.118. The summed E-state index contributed by atoms with van der Waals surface area (Å²) in [5.74, 6) is -1.82. The van der Waals surface area contributed by atoms with Gasteiger partial charge in [-0.2, -0.15) is 13.9 Å². The summed E-state index contributed by atoms with van der Waals surface area (Å²) in [6.45, 7) is -3.17. The minimum atomic E-state index is -3.81. The molecule has 7 nitrogen and oxygen atoms in total. The molecule has 0 saturated heterocycles. The fourth-order valence-electron chi connectivity index (χ4n) is 2.68. The van der Waals surface area contributed by atoms with E-state index in [-0.39, 0.29) is 38.5 Å². The first kappa shape index (κ1) is 19.0. The molecule has 4 rings (SSSR count). The van der Waals surface area contributed by atoms with Crippen molar-refractivity contribution in [1.82, 2.24) is 15.2 Å². The third-order valence-electron chi connectivity index (χ3n) is 3.94. The third kappa shape index (κ3) is 3.56. The van der Waals surface area contributed by atoms with Gasteiger partial charge in [0.25, 0.3) is 5.91 Å². The summed E-state index contributed by atoms with van der Waals surface area (Å²) in [7, 11) is 0. The summed E-state index contributed by atoms with van der Waals surface area (Å²) in [5.41, 5.74) is 0.439. The van der Waals surface area contributed by atoms with E-state index in [1.54, 1.807) is 0 Å². The molecule has 0 bridgehead atoms. The van der Waals surface area contributed by atoms with Gasteiger partial charge in [-0.25, -0.2) is 9.88 Å². The van der Waals surface area contributed by atoms with Gasteiger partial charge in [-0.1, -0.05) is 11.6 Å². The van der Waals surface area contributed by atoms with Crippen molar-refractivity contribution in [2.45, 2.75) is 12.8 Å². The van der Waals surface area contributed by atoms with Crippen LogP contribution in [0.2, 0.25) is 5.02 Å². The first-order chi connectivity index (χ1) is 13.7. The zero-order chi connectivity index (χ0) is 20.8. The summed E-state index contributed by atoms with van der Waals surface area (Å²) < 4.78 is 62.0. The van der Waals surface area contributed by atoms with E-state index < -0.39 is 18.8 Å². The number of benzene rings is 1. The summed E-state index contributed by atoms with van der Waals surface area (Å²) in [6.07, 6.45) is -1.39. The normalized spacial score (nSPS) is 14.3. The Hall–Kier alpha value is -3.34. The molecule has 3 aromatic rings. The van der Waals surface area contributed by atoms with Gasteiger partial charge in [-0.05, 0) is 24.3 Å². The van der Waals surface area contributed by atoms with Gasteiger partial charge in [0.2, 0.25) is 0 Å².